The summed E-state index contributed by atoms with van der Waals surface area (Å²) in [6.07, 6.45) is 8.42. The Balaban J connectivity index is 1.45. The number of likely N-dealkylation sites (tertiary alicyclic amines) is 1. The molecule has 3 rings (SSSR count). The molecule has 1 saturated heterocycles. The molecule has 26 heavy (non-hydrogen) atoms. The van der Waals surface area contributed by atoms with Gasteiger partial charge in [-0.05, 0) is 30.0 Å². The molecule has 1 aromatic carbocycles. The van der Waals surface area contributed by atoms with Crippen LogP contribution in [0, 0.1) is 0 Å². The standard InChI is InChI=1S/C20H26N4O2/c25-19(16-23-12-4-2-1-3-6-20(23)26)21-14-17-7-9-18(10-8-17)15-24-13-5-11-22-24/h5,7-11,13H,1-4,6,12,14-16H2,(H,21,25). The van der Waals surface area contributed by atoms with Crippen LogP contribution >= 0.6 is 0 Å². The lowest BCUT2D eigenvalue weighted by Gasteiger charge is -2.24. The van der Waals surface area contributed by atoms with Gasteiger partial charge >= 0.3 is 0 Å². The van der Waals surface area contributed by atoms with Crippen LogP contribution < -0.4 is 5.32 Å². The van der Waals surface area contributed by atoms with Gasteiger partial charge in [0.15, 0.2) is 0 Å². The van der Waals surface area contributed by atoms with Crippen LogP contribution in [0.25, 0.3) is 0 Å². The highest BCUT2D eigenvalue weighted by Crippen LogP contribution is 2.11. The van der Waals surface area contributed by atoms with Crippen LogP contribution in [0.3, 0.4) is 0 Å². The molecule has 0 spiro atoms. The maximum absolute atomic E-state index is 12.2. The van der Waals surface area contributed by atoms with Crippen LogP contribution in [0.4, 0.5) is 0 Å². The number of hydrogen-bond donors (Lipinski definition) is 1. The molecular weight excluding hydrogens is 328 g/mol. The third-order valence-corrected chi connectivity index (χ3v) is 4.67. The van der Waals surface area contributed by atoms with E-state index in [-0.39, 0.29) is 18.4 Å². The SMILES string of the molecule is O=C(CN1CCCCCCC1=O)NCc1ccc(Cn2cccn2)cc1. The zero-order chi connectivity index (χ0) is 18.2. The van der Waals surface area contributed by atoms with Gasteiger partial charge in [0.2, 0.25) is 11.8 Å². The minimum absolute atomic E-state index is 0.0976. The number of aromatic nitrogens is 2. The predicted octanol–water partition coefficient (Wildman–Crippen LogP) is 2.34. The summed E-state index contributed by atoms with van der Waals surface area (Å²) in [5.41, 5.74) is 2.21. The van der Waals surface area contributed by atoms with E-state index in [4.69, 9.17) is 0 Å². The molecule has 0 atom stereocenters. The van der Waals surface area contributed by atoms with E-state index in [1.807, 2.05) is 41.2 Å². The van der Waals surface area contributed by atoms with Gasteiger partial charge in [-0.2, -0.15) is 5.10 Å². The first-order valence-electron chi connectivity index (χ1n) is 9.30. The van der Waals surface area contributed by atoms with E-state index in [0.717, 1.165) is 43.4 Å². The monoisotopic (exact) mass is 354 g/mol. The summed E-state index contributed by atoms with van der Waals surface area (Å²) in [5, 5.41) is 7.11. The van der Waals surface area contributed by atoms with Gasteiger partial charge in [-0.15, -0.1) is 0 Å². The van der Waals surface area contributed by atoms with Gasteiger partial charge in [0.05, 0.1) is 13.1 Å². The Bertz CT molecular complexity index is 710. The summed E-state index contributed by atoms with van der Waals surface area (Å²) in [6.45, 7) is 2.06. The Morgan fingerprint density at radius 2 is 1.85 bits per heavy atom. The number of nitrogens with one attached hydrogen (secondary N) is 1. The molecule has 6 heteroatoms. The second kappa shape index (κ2) is 9.17. The molecule has 0 aliphatic carbocycles. The lowest BCUT2D eigenvalue weighted by atomic mass is 10.1. The minimum Gasteiger partial charge on any atom is -0.350 e. The van der Waals surface area contributed by atoms with E-state index < -0.39 is 0 Å². The highest BCUT2D eigenvalue weighted by atomic mass is 16.2. The van der Waals surface area contributed by atoms with Crippen LogP contribution in [0.2, 0.25) is 0 Å². The van der Waals surface area contributed by atoms with Crippen molar-refractivity contribution < 1.29 is 9.59 Å². The van der Waals surface area contributed by atoms with Crippen molar-refractivity contribution in [1.29, 1.82) is 0 Å². The number of hydrogen-bond acceptors (Lipinski definition) is 3. The first-order chi connectivity index (χ1) is 12.7. The summed E-state index contributed by atoms with van der Waals surface area (Å²) in [5.74, 6) is 0.00219. The van der Waals surface area contributed by atoms with Crippen LogP contribution in [0.15, 0.2) is 42.7 Å². The van der Waals surface area contributed by atoms with Gasteiger partial charge in [0.25, 0.3) is 0 Å². The molecule has 6 nitrogen and oxygen atoms in total. The molecule has 0 saturated carbocycles. The van der Waals surface area contributed by atoms with E-state index >= 15 is 0 Å². The molecule has 0 unspecified atom stereocenters. The first kappa shape index (κ1) is 18.2. The average molecular weight is 354 g/mol. The van der Waals surface area contributed by atoms with E-state index in [1.54, 1.807) is 11.1 Å². The van der Waals surface area contributed by atoms with Crippen LogP contribution in [0.1, 0.15) is 43.2 Å². The fourth-order valence-electron chi connectivity index (χ4n) is 3.16. The number of benzene rings is 1. The molecule has 0 bridgehead atoms. The third kappa shape index (κ3) is 5.44. The lowest BCUT2D eigenvalue weighted by molar-refractivity contribution is -0.136. The maximum atomic E-state index is 12.2. The fourth-order valence-corrected chi connectivity index (χ4v) is 3.16. The zero-order valence-electron chi connectivity index (χ0n) is 15.1. The van der Waals surface area contributed by atoms with Crippen LogP contribution in [-0.2, 0) is 22.7 Å². The molecule has 2 heterocycles. The molecular formula is C20H26N4O2. The number of carbonyl (C=O) groups excluding carboxylic acids is 2. The van der Waals surface area contributed by atoms with Gasteiger partial charge in [-0.1, -0.05) is 37.1 Å². The molecule has 1 fully saturated rings. The van der Waals surface area contributed by atoms with Crippen molar-refractivity contribution >= 4 is 11.8 Å². The van der Waals surface area contributed by atoms with Crippen molar-refractivity contribution in [2.45, 2.75) is 45.2 Å². The van der Waals surface area contributed by atoms with Crippen molar-refractivity contribution in [2.75, 3.05) is 13.1 Å². The molecule has 1 aliphatic heterocycles. The number of nitrogens with zero attached hydrogens (tertiary/aromatic N) is 3. The van der Waals surface area contributed by atoms with Crippen molar-refractivity contribution in [3.63, 3.8) is 0 Å². The molecule has 1 aliphatic rings. The van der Waals surface area contributed by atoms with Gasteiger partial charge in [-0.3, -0.25) is 14.3 Å². The van der Waals surface area contributed by atoms with Gasteiger partial charge in [0.1, 0.15) is 0 Å². The molecule has 1 N–H and O–H groups in total. The Labute approximate surface area is 154 Å². The largest absolute Gasteiger partial charge is 0.350 e. The highest BCUT2D eigenvalue weighted by Gasteiger charge is 2.18. The number of rotatable bonds is 6. The van der Waals surface area contributed by atoms with Crippen LogP contribution in [-0.4, -0.2) is 39.6 Å². The fraction of sp³-hybridized carbons (Fsp3) is 0.450. The smallest absolute Gasteiger partial charge is 0.239 e. The number of amides is 2. The van der Waals surface area contributed by atoms with Crippen molar-refractivity contribution in [3.8, 4) is 0 Å². The quantitative estimate of drug-likeness (QED) is 0.866. The first-order valence-corrected chi connectivity index (χ1v) is 9.30. The second-order valence-corrected chi connectivity index (χ2v) is 6.78. The minimum atomic E-state index is -0.0976. The molecule has 1 aromatic heterocycles. The average Bonchev–Trinajstić information content (AvgIpc) is 3.14. The van der Waals surface area contributed by atoms with Crippen molar-refractivity contribution in [2.24, 2.45) is 0 Å². The predicted molar refractivity (Wildman–Crippen MR) is 99.3 cm³/mol. The van der Waals surface area contributed by atoms with Gasteiger partial charge in [0, 0.05) is 31.9 Å². The maximum Gasteiger partial charge on any atom is 0.239 e. The van der Waals surface area contributed by atoms with Gasteiger partial charge in [-0.25, -0.2) is 0 Å². The Kier molecular flexibility index (Phi) is 6.41. The number of carbonyl (C=O) groups is 2. The third-order valence-electron chi connectivity index (χ3n) is 4.67. The molecule has 138 valence electrons. The highest BCUT2D eigenvalue weighted by molar-refractivity contribution is 5.84. The zero-order valence-corrected chi connectivity index (χ0v) is 15.1. The Hall–Kier alpha value is -2.63. The van der Waals surface area contributed by atoms with E-state index in [0.29, 0.717) is 19.5 Å². The topological polar surface area (TPSA) is 67.2 Å². The Morgan fingerprint density at radius 3 is 2.62 bits per heavy atom. The summed E-state index contributed by atoms with van der Waals surface area (Å²) in [7, 11) is 0. The summed E-state index contributed by atoms with van der Waals surface area (Å²) < 4.78 is 1.87. The molecule has 2 amide bonds. The van der Waals surface area contributed by atoms with Crippen molar-refractivity contribution in [1.82, 2.24) is 20.0 Å². The van der Waals surface area contributed by atoms with Gasteiger partial charge < -0.3 is 10.2 Å². The lowest BCUT2D eigenvalue weighted by Crippen LogP contribution is -2.41. The van der Waals surface area contributed by atoms with E-state index in [2.05, 4.69) is 10.4 Å². The van der Waals surface area contributed by atoms with E-state index in [9.17, 15) is 9.59 Å². The van der Waals surface area contributed by atoms with Crippen molar-refractivity contribution in [3.05, 3.63) is 53.9 Å². The summed E-state index contributed by atoms with van der Waals surface area (Å²) in [6, 6.07) is 10.0. The summed E-state index contributed by atoms with van der Waals surface area (Å²) in [4.78, 5) is 26.0. The second-order valence-electron chi connectivity index (χ2n) is 6.78. The Morgan fingerprint density at radius 1 is 1.08 bits per heavy atom. The van der Waals surface area contributed by atoms with Crippen LogP contribution in [0.5, 0.6) is 0 Å². The molecule has 2 aromatic rings. The summed E-state index contributed by atoms with van der Waals surface area (Å²) >= 11 is 0. The molecule has 0 radical (unpaired) electrons. The normalized spacial score (nSPS) is 15.4. The van der Waals surface area contributed by atoms with E-state index in [1.165, 1.54) is 0 Å².